The zero-order chi connectivity index (χ0) is 21.3. The van der Waals surface area contributed by atoms with Gasteiger partial charge in [-0.1, -0.05) is 48.9 Å². The first kappa shape index (κ1) is 21.4. The zero-order valence-corrected chi connectivity index (χ0v) is 19.3. The van der Waals surface area contributed by atoms with E-state index in [1.165, 1.54) is 5.56 Å². The molecule has 0 spiro atoms. The lowest BCUT2D eigenvalue weighted by atomic mass is 9.64. The van der Waals surface area contributed by atoms with E-state index in [4.69, 9.17) is 22.1 Å². The highest BCUT2D eigenvalue weighted by Crippen LogP contribution is 2.44. The van der Waals surface area contributed by atoms with Crippen molar-refractivity contribution in [1.29, 1.82) is 0 Å². The van der Waals surface area contributed by atoms with Crippen LogP contribution in [0.3, 0.4) is 0 Å². The number of benzene rings is 2. The molecule has 0 bridgehead atoms. The van der Waals surface area contributed by atoms with Gasteiger partial charge in [0.15, 0.2) is 0 Å². The summed E-state index contributed by atoms with van der Waals surface area (Å²) >= 11 is 9.96. The van der Waals surface area contributed by atoms with Crippen molar-refractivity contribution in [2.24, 2.45) is 5.73 Å². The van der Waals surface area contributed by atoms with Gasteiger partial charge in [0.25, 0.3) is 5.56 Å². The second-order valence-electron chi connectivity index (χ2n) is 8.15. The van der Waals surface area contributed by atoms with Gasteiger partial charge in [-0.25, -0.2) is 0 Å². The molecule has 0 unspecified atom stereocenters. The van der Waals surface area contributed by atoms with Crippen LogP contribution in [0.1, 0.15) is 44.6 Å². The monoisotopic (exact) mass is 488 g/mol. The van der Waals surface area contributed by atoms with Gasteiger partial charge in [-0.15, -0.1) is 0 Å². The van der Waals surface area contributed by atoms with Crippen LogP contribution in [-0.4, -0.2) is 17.1 Å². The maximum atomic E-state index is 12.1. The fraction of sp³-hybridized carbons (Fsp3) is 0.375. The van der Waals surface area contributed by atoms with Crippen LogP contribution in [0.2, 0.25) is 5.02 Å². The van der Waals surface area contributed by atoms with Gasteiger partial charge in [-0.2, -0.15) is 0 Å². The fourth-order valence-electron chi connectivity index (χ4n) is 4.75. The largest absolute Gasteiger partial charge is 0.489 e. The van der Waals surface area contributed by atoms with Crippen LogP contribution in [0.15, 0.2) is 57.9 Å². The van der Waals surface area contributed by atoms with Crippen molar-refractivity contribution in [3.8, 4) is 5.75 Å². The second-order valence-corrected chi connectivity index (χ2v) is 9.41. The van der Waals surface area contributed by atoms with Gasteiger partial charge >= 0.3 is 0 Å². The number of halogens is 2. The van der Waals surface area contributed by atoms with E-state index in [9.17, 15) is 4.79 Å². The number of hydrogen-bond donors (Lipinski definition) is 2. The molecule has 1 fully saturated rings. The summed E-state index contributed by atoms with van der Waals surface area (Å²) in [4.78, 5) is 14.8. The number of ether oxygens (including phenoxy) is 1. The Labute approximate surface area is 189 Å². The molecule has 3 N–H and O–H groups in total. The first-order chi connectivity index (χ1) is 14.4. The molecule has 4 rings (SSSR count). The third kappa shape index (κ3) is 3.91. The maximum Gasteiger partial charge on any atom is 0.255 e. The molecular weight excluding hydrogens is 464 g/mol. The first-order valence-corrected chi connectivity index (χ1v) is 11.6. The number of nitrogens with two attached hydrogens (primary N) is 1. The van der Waals surface area contributed by atoms with Gasteiger partial charge in [0.2, 0.25) is 0 Å². The summed E-state index contributed by atoms with van der Waals surface area (Å²) in [6.07, 6.45) is 6.43. The van der Waals surface area contributed by atoms with Crippen molar-refractivity contribution in [2.45, 2.75) is 56.6 Å². The average molecular weight is 490 g/mol. The van der Waals surface area contributed by atoms with Gasteiger partial charge in [0.1, 0.15) is 5.75 Å². The Bertz CT molecular complexity index is 1090. The predicted octanol–water partition coefficient (Wildman–Crippen LogP) is 5.94. The molecule has 6 heteroatoms. The number of hydrogen-bond acceptors (Lipinski definition) is 3. The van der Waals surface area contributed by atoms with Crippen molar-refractivity contribution >= 4 is 38.3 Å². The van der Waals surface area contributed by atoms with Gasteiger partial charge in [-0.3, -0.25) is 4.79 Å². The van der Waals surface area contributed by atoms with E-state index in [1.54, 1.807) is 12.3 Å². The average Bonchev–Trinajstić information content (AvgIpc) is 2.78. The van der Waals surface area contributed by atoms with Gasteiger partial charge in [0, 0.05) is 32.9 Å². The number of aromatic amines is 1. The molecule has 1 aliphatic carbocycles. The van der Waals surface area contributed by atoms with E-state index < -0.39 is 0 Å². The summed E-state index contributed by atoms with van der Waals surface area (Å²) in [6, 6.07) is 14.3. The Morgan fingerprint density at radius 3 is 2.60 bits per heavy atom. The molecule has 0 saturated heterocycles. The number of nitrogens with one attached hydrogen (secondary N) is 1. The molecule has 2 aromatic carbocycles. The third-order valence-electron chi connectivity index (χ3n) is 6.52. The molecule has 0 aliphatic heterocycles. The topological polar surface area (TPSA) is 68.1 Å². The Hall–Kier alpha value is -1.82. The van der Waals surface area contributed by atoms with Crippen molar-refractivity contribution in [1.82, 2.24) is 4.98 Å². The lowest BCUT2D eigenvalue weighted by Crippen LogP contribution is -2.48. The van der Waals surface area contributed by atoms with E-state index in [1.807, 2.05) is 12.1 Å². The number of aromatic nitrogens is 1. The highest BCUT2D eigenvalue weighted by atomic mass is 79.9. The van der Waals surface area contributed by atoms with Crippen LogP contribution in [0.4, 0.5) is 0 Å². The van der Waals surface area contributed by atoms with Gasteiger partial charge in [0.05, 0.1) is 11.1 Å². The minimum Gasteiger partial charge on any atom is -0.489 e. The van der Waals surface area contributed by atoms with Gasteiger partial charge < -0.3 is 15.5 Å². The standard InChI is InChI=1S/C24H26BrClN2O2/c1-2-22(27)24(15-6-4-3-5-7-15)10-8-16(9-11-24)30-21-13-17-18(12-20(21)26)23(29)28-14-19(17)25/h3-7,12-14,16,22H,2,8-11,27H2,1H3,(H,28,29)/t16?,22-,24?/m1/s1. The van der Waals surface area contributed by atoms with Crippen molar-refractivity contribution in [3.05, 3.63) is 74.1 Å². The van der Waals surface area contributed by atoms with Crippen molar-refractivity contribution in [2.75, 3.05) is 0 Å². The minimum absolute atomic E-state index is 0.0145. The van der Waals surface area contributed by atoms with E-state index in [0.717, 1.165) is 42.0 Å². The highest BCUT2D eigenvalue weighted by Gasteiger charge is 2.41. The number of fused-ring (bicyclic) bond motifs is 1. The lowest BCUT2D eigenvalue weighted by molar-refractivity contribution is 0.104. The summed E-state index contributed by atoms with van der Waals surface area (Å²) in [6.45, 7) is 2.16. The molecule has 158 valence electrons. The normalized spacial score (nSPS) is 22.7. The fourth-order valence-corrected chi connectivity index (χ4v) is 5.40. The SMILES string of the molecule is CC[C@@H](N)C1(c2ccccc2)CCC(Oc2cc3c(Br)c[nH]c(=O)c3cc2Cl)CC1. The van der Waals surface area contributed by atoms with Crippen molar-refractivity contribution in [3.63, 3.8) is 0 Å². The minimum atomic E-state index is -0.166. The molecule has 30 heavy (non-hydrogen) atoms. The summed E-state index contributed by atoms with van der Waals surface area (Å²) in [5.74, 6) is 0.618. The van der Waals surface area contributed by atoms with Crippen molar-refractivity contribution < 1.29 is 4.74 Å². The van der Waals surface area contributed by atoms with Crippen LogP contribution in [0.5, 0.6) is 5.75 Å². The summed E-state index contributed by atoms with van der Waals surface area (Å²) < 4.78 is 7.13. The molecule has 1 aliphatic rings. The van der Waals surface area contributed by atoms with Gasteiger partial charge in [-0.05, 0) is 65.7 Å². The molecule has 1 atom stereocenters. The Balaban J connectivity index is 1.57. The van der Waals surface area contributed by atoms with E-state index in [-0.39, 0.29) is 23.1 Å². The van der Waals surface area contributed by atoms with E-state index >= 15 is 0 Å². The van der Waals surface area contributed by atoms with E-state index in [0.29, 0.717) is 16.2 Å². The maximum absolute atomic E-state index is 12.1. The lowest BCUT2D eigenvalue weighted by Gasteiger charge is -2.44. The zero-order valence-electron chi connectivity index (χ0n) is 17.0. The summed E-state index contributed by atoms with van der Waals surface area (Å²) in [5.41, 5.74) is 7.77. The Morgan fingerprint density at radius 1 is 1.23 bits per heavy atom. The number of pyridine rings is 1. The predicted molar refractivity (Wildman–Crippen MR) is 127 cm³/mol. The van der Waals surface area contributed by atoms with E-state index in [2.05, 4.69) is 52.1 Å². The molecule has 4 nitrogen and oxygen atoms in total. The first-order valence-electron chi connectivity index (χ1n) is 10.4. The molecule has 1 heterocycles. The summed E-state index contributed by atoms with van der Waals surface area (Å²) in [5, 5.41) is 1.79. The van der Waals surface area contributed by atoms with Crippen LogP contribution in [-0.2, 0) is 5.41 Å². The van der Waals surface area contributed by atoms with Crippen LogP contribution in [0, 0.1) is 0 Å². The van der Waals surface area contributed by atoms with Crippen LogP contribution in [0.25, 0.3) is 10.8 Å². The van der Waals surface area contributed by atoms with Crippen LogP contribution < -0.4 is 16.0 Å². The highest BCUT2D eigenvalue weighted by molar-refractivity contribution is 9.10. The number of H-pyrrole nitrogens is 1. The molecule has 0 radical (unpaired) electrons. The quantitative estimate of drug-likeness (QED) is 0.466. The van der Waals surface area contributed by atoms with Crippen LogP contribution >= 0.6 is 27.5 Å². The third-order valence-corrected chi connectivity index (χ3v) is 7.47. The molecule has 1 aromatic heterocycles. The molecule has 1 saturated carbocycles. The number of rotatable bonds is 5. The Kier molecular flexibility index (Phi) is 6.24. The summed E-state index contributed by atoms with van der Waals surface area (Å²) in [7, 11) is 0. The molecule has 0 amide bonds. The second kappa shape index (κ2) is 8.74. The molecule has 3 aromatic rings. The smallest absolute Gasteiger partial charge is 0.255 e. The Morgan fingerprint density at radius 2 is 1.93 bits per heavy atom. The molecular formula is C24H26BrClN2O2.